The lowest BCUT2D eigenvalue weighted by Crippen LogP contribution is -2.37. The van der Waals surface area contributed by atoms with Crippen LogP contribution < -0.4 is 0 Å². The van der Waals surface area contributed by atoms with Gasteiger partial charge in [0.05, 0.1) is 6.04 Å². The molecule has 0 aliphatic carbocycles. The predicted octanol–water partition coefficient (Wildman–Crippen LogP) is 3.47. The van der Waals surface area contributed by atoms with Gasteiger partial charge < -0.3 is 9.32 Å². The van der Waals surface area contributed by atoms with Crippen molar-refractivity contribution in [2.75, 3.05) is 6.54 Å². The Hall–Kier alpha value is -2.17. The van der Waals surface area contributed by atoms with E-state index in [1.54, 1.807) is 6.92 Å². The first-order chi connectivity index (χ1) is 10.9. The van der Waals surface area contributed by atoms with Crippen LogP contribution >= 0.6 is 0 Å². The first kappa shape index (κ1) is 17.2. The number of carbonyl (C=O) groups is 1. The van der Waals surface area contributed by atoms with E-state index in [1.165, 1.54) is 11.1 Å². The number of benzene rings is 1. The molecule has 0 saturated carbocycles. The molecular weight excluding hydrogens is 290 g/mol. The van der Waals surface area contributed by atoms with Crippen molar-refractivity contribution in [1.29, 1.82) is 0 Å². The summed E-state index contributed by atoms with van der Waals surface area (Å²) in [6.07, 6.45) is 0.143. The third-order valence-corrected chi connectivity index (χ3v) is 3.86. The maximum absolute atomic E-state index is 12.8. The Morgan fingerprint density at radius 1 is 1.17 bits per heavy atom. The van der Waals surface area contributed by atoms with Gasteiger partial charge in [0, 0.05) is 13.5 Å². The van der Waals surface area contributed by atoms with Crippen LogP contribution in [-0.2, 0) is 11.2 Å². The third kappa shape index (κ3) is 4.41. The van der Waals surface area contributed by atoms with Gasteiger partial charge in [-0.2, -0.15) is 0 Å². The van der Waals surface area contributed by atoms with E-state index in [4.69, 9.17) is 4.42 Å². The van der Waals surface area contributed by atoms with E-state index < -0.39 is 0 Å². The Balaban J connectivity index is 2.22. The number of hydrogen-bond acceptors (Lipinski definition) is 4. The summed E-state index contributed by atoms with van der Waals surface area (Å²) in [5.74, 6) is 1.25. The Morgan fingerprint density at radius 3 is 2.43 bits per heavy atom. The molecule has 1 aromatic heterocycles. The zero-order chi connectivity index (χ0) is 17.0. The van der Waals surface area contributed by atoms with E-state index in [2.05, 4.69) is 50.0 Å². The summed E-state index contributed by atoms with van der Waals surface area (Å²) in [6, 6.07) is 8.19. The second-order valence-electron chi connectivity index (χ2n) is 6.36. The minimum Gasteiger partial charge on any atom is -0.425 e. The van der Waals surface area contributed by atoms with Crippen LogP contribution in [0.5, 0.6) is 0 Å². The molecular formula is C18H25N3O2. The van der Waals surface area contributed by atoms with Crippen molar-refractivity contribution in [2.45, 2.75) is 47.1 Å². The van der Waals surface area contributed by atoms with Crippen molar-refractivity contribution < 1.29 is 9.21 Å². The molecule has 1 heterocycles. The zero-order valence-electron chi connectivity index (χ0n) is 14.5. The smallest absolute Gasteiger partial charge is 0.232 e. The Morgan fingerprint density at radius 2 is 1.87 bits per heavy atom. The maximum Gasteiger partial charge on any atom is 0.232 e. The molecule has 0 aliphatic rings. The summed E-state index contributed by atoms with van der Waals surface area (Å²) in [4.78, 5) is 14.7. The highest BCUT2D eigenvalue weighted by atomic mass is 16.4. The summed E-state index contributed by atoms with van der Waals surface area (Å²) in [5, 5.41) is 7.72. The second-order valence-corrected chi connectivity index (χ2v) is 6.36. The van der Waals surface area contributed by atoms with Crippen LogP contribution in [0.15, 0.2) is 28.7 Å². The van der Waals surface area contributed by atoms with Crippen LogP contribution in [0.3, 0.4) is 0 Å². The van der Waals surface area contributed by atoms with E-state index in [0.29, 0.717) is 24.2 Å². The Bertz CT molecular complexity index is 664. The molecule has 1 amide bonds. The molecule has 0 spiro atoms. The molecule has 0 saturated heterocycles. The molecule has 2 rings (SSSR count). The molecule has 5 heteroatoms. The normalized spacial score (nSPS) is 12.4. The van der Waals surface area contributed by atoms with Gasteiger partial charge in [0.25, 0.3) is 0 Å². The lowest BCUT2D eigenvalue weighted by molar-refractivity contribution is -0.133. The number of aromatic nitrogens is 2. The molecule has 1 atom stereocenters. The molecule has 2 aromatic rings. The summed E-state index contributed by atoms with van der Waals surface area (Å²) < 4.78 is 5.35. The van der Waals surface area contributed by atoms with Gasteiger partial charge in [-0.05, 0) is 30.9 Å². The minimum absolute atomic E-state index is 0.00937. The van der Waals surface area contributed by atoms with Crippen LogP contribution in [0.1, 0.15) is 49.7 Å². The van der Waals surface area contributed by atoms with E-state index >= 15 is 0 Å². The molecule has 23 heavy (non-hydrogen) atoms. The fourth-order valence-corrected chi connectivity index (χ4v) is 2.73. The lowest BCUT2D eigenvalue weighted by Gasteiger charge is -2.31. The quantitative estimate of drug-likeness (QED) is 0.819. The van der Waals surface area contributed by atoms with Gasteiger partial charge in [-0.25, -0.2) is 0 Å². The van der Waals surface area contributed by atoms with E-state index in [1.807, 2.05) is 17.0 Å². The third-order valence-electron chi connectivity index (χ3n) is 3.86. The fraction of sp³-hybridized carbons (Fsp3) is 0.500. The van der Waals surface area contributed by atoms with E-state index in [-0.39, 0.29) is 18.4 Å². The topological polar surface area (TPSA) is 59.2 Å². The highest BCUT2D eigenvalue weighted by Gasteiger charge is 2.24. The van der Waals surface area contributed by atoms with Gasteiger partial charge in [0.2, 0.25) is 17.7 Å². The van der Waals surface area contributed by atoms with Crippen LogP contribution in [0.25, 0.3) is 0 Å². The second kappa shape index (κ2) is 7.40. The Kier molecular flexibility index (Phi) is 5.53. The van der Waals surface area contributed by atoms with Crippen LogP contribution in [0, 0.1) is 19.8 Å². The molecule has 1 aromatic carbocycles. The number of amides is 1. The SMILES string of the molecule is Cc1nnc(CC(=O)N(CC(C)C)C(C)c2ccccc2C)o1. The largest absolute Gasteiger partial charge is 0.425 e. The van der Waals surface area contributed by atoms with Crippen molar-refractivity contribution in [3.63, 3.8) is 0 Å². The van der Waals surface area contributed by atoms with Crippen molar-refractivity contribution in [3.8, 4) is 0 Å². The summed E-state index contributed by atoms with van der Waals surface area (Å²) in [6.45, 7) is 10.8. The van der Waals surface area contributed by atoms with Gasteiger partial charge in [-0.3, -0.25) is 4.79 Å². The predicted molar refractivity (Wildman–Crippen MR) is 88.9 cm³/mol. The minimum atomic E-state index is 0.00937. The molecule has 0 N–H and O–H groups in total. The number of aryl methyl sites for hydroxylation is 2. The molecule has 0 aliphatic heterocycles. The molecule has 0 radical (unpaired) electrons. The number of rotatable bonds is 6. The van der Waals surface area contributed by atoms with Gasteiger partial charge in [-0.15, -0.1) is 10.2 Å². The number of nitrogens with zero attached hydrogens (tertiary/aromatic N) is 3. The monoisotopic (exact) mass is 315 g/mol. The molecule has 124 valence electrons. The average molecular weight is 315 g/mol. The maximum atomic E-state index is 12.8. The van der Waals surface area contributed by atoms with Gasteiger partial charge in [-0.1, -0.05) is 38.1 Å². The Labute approximate surface area is 137 Å². The highest BCUT2D eigenvalue weighted by molar-refractivity contribution is 5.78. The van der Waals surface area contributed by atoms with Gasteiger partial charge in [0.1, 0.15) is 6.42 Å². The zero-order valence-corrected chi connectivity index (χ0v) is 14.5. The van der Waals surface area contributed by atoms with Crippen molar-refractivity contribution in [3.05, 3.63) is 47.2 Å². The number of carbonyl (C=O) groups excluding carboxylic acids is 1. The summed E-state index contributed by atoms with van der Waals surface area (Å²) in [5.41, 5.74) is 2.36. The van der Waals surface area contributed by atoms with E-state index in [0.717, 1.165) is 0 Å². The highest BCUT2D eigenvalue weighted by Crippen LogP contribution is 2.25. The van der Waals surface area contributed by atoms with Crippen LogP contribution in [-0.4, -0.2) is 27.5 Å². The molecule has 0 fully saturated rings. The fourth-order valence-electron chi connectivity index (χ4n) is 2.73. The first-order valence-corrected chi connectivity index (χ1v) is 8.02. The molecule has 1 unspecified atom stereocenters. The van der Waals surface area contributed by atoms with E-state index in [9.17, 15) is 4.79 Å². The van der Waals surface area contributed by atoms with Gasteiger partial charge in [0.15, 0.2) is 0 Å². The summed E-state index contributed by atoms with van der Waals surface area (Å²) >= 11 is 0. The van der Waals surface area contributed by atoms with Gasteiger partial charge >= 0.3 is 0 Å². The number of hydrogen-bond donors (Lipinski definition) is 0. The molecule has 5 nitrogen and oxygen atoms in total. The summed E-state index contributed by atoms with van der Waals surface area (Å²) in [7, 11) is 0. The standard InChI is InChI=1S/C18H25N3O2/c1-12(2)11-21(14(4)16-9-7-6-8-13(16)3)18(22)10-17-20-19-15(5)23-17/h6-9,12,14H,10-11H2,1-5H3. The van der Waals surface area contributed by atoms with Crippen molar-refractivity contribution in [2.24, 2.45) is 5.92 Å². The lowest BCUT2D eigenvalue weighted by atomic mass is 10.00. The average Bonchev–Trinajstić information content (AvgIpc) is 2.89. The van der Waals surface area contributed by atoms with Crippen molar-refractivity contribution >= 4 is 5.91 Å². The van der Waals surface area contributed by atoms with Crippen molar-refractivity contribution in [1.82, 2.24) is 15.1 Å². The van der Waals surface area contributed by atoms with Crippen LogP contribution in [0.2, 0.25) is 0 Å². The van der Waals surface area contributed by atoms with Crippen LogP contribution in [0.4, 0.5) is 0 Å². The first-order valence-electron chi connectivity index (χ1n) is 8.02. The molecule has 0 bridgehead atoms.